The predicted molar refractivity (Wildman–Crippen MR) is 84.9 cm³/mol. The Kier molecular flexibility index (Phi) is 5.48. The normalized spacial score (nSPS) is 9.86. The number of ether oxygens (including phenoxy) is 1. The van der Waals surface area contributed by atoms with Gasteiger partial charge in [-0.05, 0) is 6.07 Å². The number of benzene rings is 1. The van der Waals surface area contributed by atoms with E-state index in [2.05, 4.69) is 27.2 Å². The van der Waals surface area contributed by atoms with E-state index >= 15 is 0 Å². The fourth-order valence-corrected chi connectivity index (χ4v) is 1.83. The molecule has 0 fully saturated rings. The Bertz CT molecular complexity index is 641. The smallest absolute Gasteiger partial charge is 0.271 e. The molecule has 0 spiro atoms. The zero-order chi connectivity index (χ0) is 15.8. The van der Waals surface area contributed by atoms with Gasteiger partial charge in [0.25, 0.3) is 5.91 Å². The molecule has 6 heteroatoms. The molecule has 6 nitrogen and oxygen atoms in total. The van der Waals surface area contributed by atoms with E-state index in [0.29, 0.717) is 18.9 Å². The second kappa shape index (κ2) is 7.78. The number of hydrogen-bond donors (Lipinski definition) is 2. The minimum absolute atomic E-state index is 0.263. The molecular formula is C16H18N4O2. The quantitative estimate of drug-likeness (QED) is 0.765. The lowest BCUT2D eigenvalue weighted by Crippen LogP contribution is -2.24. The van der Waals surface area contributed by atoms with E-state index in [1.165, 1.54) is 12.4 Å². The number of carbonyl (C=O) groups excluding carboxylic acids is 1. The summed E-state index contributed by atoms with van der Waals surface area (Å²) in [5.41, 5.74) is 1.16. The van der Waals surface area contributed by atoms with Crippen LogP contribution in [0.1, 0.15) is 16.1 Å². The maximum atomic E-state index is 12.1. The third-order valence-corrected chi connectivity index (χ3v) is 2.94. The lowest BCUT2D eigenvalue weighted by Gasteiger charge is -2.09. The lowest BCUT2D eigenvalue weighted by molar-refractivity contribution is 0.0945. The molecule has 0 atom stereocenters. The molecule has 0 saturated heterocycles. The van der Waals surface area contributed by atoms with Crippen LogP contribution in [-0.4, -0.2) is 29.5 Å². The molecule has 0 radical (unpaired) electrons. The van der Waals surface area contributed by atoms with Crippen molar-refractivity contribution in [2.24, 2.45) is 0 Å². The minimum Gasteiger partial charge on any atom is -0.496 e. The van der Waals surface area contributed by atoms with Gasteiger partial charge < -0.3 is 15.4 Å². The van der Waals surface area contributed by atoms with Gasteiger partial charge >= 0.3 is 0 Å². The van der Waals surface area contributed by atoms with Gasteiger partial charge in [-0.25, -0.2) is 9.97 Å². The van der Waals surface area contributed by atoms with Crippen LogP contribution in [0.4, 0.5) is 5.82 Å². The number of methoxy groups -OCH3 is 1. The summed E-state index contributed by atoms with van der Waals surface area (Å²) in [6.45, 7) is 4.56. The van der Waals surface area contributed by atoms with Crippen molar-refractivity contribution in [2.75, 3.05) is 19.0 Å². The van der Waals surface area contributed by atoms with E-state index in [0.717, 1.165) is 11.3 Å². The van der Waals surface area contributed by atoms with Crippen LogP contribution >= 0.6 is 0 Å². The van der Waals surface area contributed by atoms with Crippen molar-refractivity contribution in [1.82, 2.24) is 15.3 Å². The van der Waals surface area contributed by atoms with E-state index in [-0.39, 0.29) is 11.6 Å². The maximum absolute atomic E-state index is 12.1. The molecule has 0 aliphatic heterocycles. The molecular weight excluding hydrogens is 280 g/mol. The zero-order valence-corrected chi connectivity index (χ0v) is 12.4. The molecule has 22 heavy (non-hydrogen) atoms. The summed E-state index contributed by atoms with van der Waals surface area (Å²) >= 11 is 0. The van der Waals surface area contributed by atoms with Crippen LogP contribution in [0.2, 0.25) is 0 Å². The molecule has 1 heterocycles. The number of amides is 1. The highest BCUT2D eigenvalue weighted by Crippen LogP contribution is 2.16. The van der Waals surface area contributed by atoms with Crippen molar-refractivity contribution in [1.29, 1.82) is 0 Å². The highest BCUT2D eigenvalue weighted by molar-refractivity contribution is 5.92. The van der Waals surface area contributed by atoms with E-state index in [9.17, 15) is 4.79 Å². The Morgan fingerprint density at radius 2 is 2.14 bits per heavy atom. The summed E-state index contributed by atoms with van der Waals surface area (Å²) < 4.78 is 5.24. The number of hydrogen-bond acceptors (Lipinski definition) is 5. The highest BCUT2D eigenvalue weighted by atomic mass is 16.5. The van der Waals surface area contributed by atoms with Gasteiger partial charge in [0.2, 0.25) is 0 Å². The maximum Gasteiger partial charge on any atom is 0.271 e. The van der Waals surface area contributed by atoms with Crippen molar-refractivity contribution in [3.8, 4) is 5.75 Å². The van der Waals surface area contributed by atoms with Crippen LogP contribution in [0.5, 0.6) is 5.75 Å². The number of anilines is 1. The topological polar surface area (TPSA) is 76.1 Å². The fourth-order valence-electron chi connectivity index (χ4n) is 1.83. The van der Waals surface area contributed by atoms with Crippen LogP contribution in [0.25, 0.3) is 0 Å². The van der Waals surface area contributed by atoms with Gasteiger partial charge in [0.05, 0.1) is 19.5 Å². The summed E-state index contributed by atoms with van der Waals surface area (Å²) in [5.74, 6) is 1.05. The standard InChI is InChI=1S/C16H18N4O2/c1-3-8-17-15-11-18-13(10-19-15)16(21)20-9-12-6-4-5-7-14(12)22-2/h3-7,10-11H,1,8-9H2,2H3,(H,17,19)(H,20,21). The number of aromatic nitrogens is 2. The van der Waals surface area contributed by atoms with Gasteiger partial charge in [0.15, 0.2) is 0 Å². The molecule has 2 aromatic rings. The first-order valence-corrected chi connectivity index (χ1v) is 6.81. The predicted octanol–water partition coefficient (Wildman–Crippen LogP) is 2.01. The number of nitrogens with one attached hydrogen (secondary N) is 2. The van der Waals surface area contributed by atoms with E-state index in [4.69, 9.17) is 4.74 Å². The second-order valence-electron chi connectivity index (χ2n) is 4.45. The van der Waals surface area contributed by atoms with Crippen LogP contribution < -0.4 is 15.4 Å². The van der Waals surface area contributed by atoms with E-state index < -0.39 is 0 Å². The molecule has 2 N–H and O–H groups in total. The van der Waals surface area contributed by atoms with Gasteiger partial charge in [0.1, 0.15) is 17.3 Å². The molecule has 0 unspecified atom stereocenters. The summed E-state index contributed by atoms with van der Waals surface area (Å²) in [5, 5.41) is 5.79. The monoisotopic (exact) mass is 298 g/mol. The third-order valence-electron chi connectivity index (χ3n) is 2.94. The minimum atomic E-state index is -0.284. The van der Waals surface area contributed by atoms with Gasteiger partial charge in [-0.3, -0.25) is 4.79 Å². The summed E-state index contributed by atoms with van der Waals surface area (Å²) in [7, 11) is 1.60. The molecule has 0 saturated carbocycles. The molecule has 1 aromatic carbocycles. The summed E-state index contributed by atoms with van der Waals surface area (Å²) in [4.78, 5) is 20.3. The highest BCUT2D eigenvalue weighted by Gasteiger charge is 2.09. The second-order valence-corrected chi connectivity index (χ2v) is 4.45. The van der Waals surface area contributed by atoms with Gasteiger partial charge in [-0.15, -0.1) is 6.58 Å². The van der Waals surface area contributed by atoms with Crippen LogP contribution in [0.15, 0.2) is 49.3 Å². The van der Waals surface area contributed by atoms with Crippen molar-refractivity contribution in [3.05, 3.63) is 60.6 Å². The first-order valence-electron chi connectivity index (χ1n) is 6.81. The largest absolute Gasteiger partial charge is 0.496 e. The van der Waals surface area contributed by atoms with Crippen molar-refractivity contribution < 1.29 is 9.53 Å². The summed E-state index contributed by atoms with van der Waals surface area (Å²) in [6.07, 6.45) is 4.67. The summed E-state index contributed by atoms with van der Waals surface area (Å²) in [6, 6.07) is 7.52. The Labute approximate surface area is 129 Å². The molecule has 2 rings (SSSR count). The zero-order valence-electron chi connectivity index (χ0n) is 12.4. The SMILES string of the molecule is C=CCNc1cnc(C(=O)NCc2ccccc2OC)cn1. The number of para-hydroxylation sites is 1. The Hall–Kier alpha value is -2.89. The van der Waals surface area contributed by atoms with Crippen molar-refractivity contribution in [3.63, 3.8) is 0 Å². The first kappa shape index (κ1) is 15.5. The van der Waals surface area contributed by atoms with E-state index in [1.54, 1.807) is 13.2 Å². The third kappa shape index (κ3) is 4.05. The van der Waals surface area contributed by atoms with Gasteiger partial charge in [0, 0.05) is 18.7 Å². The number of nitrogens with zero attached hydrogens (tertiary/aromatic N) is 2. The Balaban J connectivity index is 1.95. The number of rotatable bonds is 7. The Morgan fingerprint density at radius 1 is 1.32 bits per heavy atom. The van der Waals surface area contributed by atoms with Crippen molar-refractivity contribution >= 4 is 11.7 Å². The van der Waals surface area contributed by atoms with Crippen LogP contribution in [-0.2, 0) is 6.54 Å². The molecule has 0 aliphatic carbocycles. The molecule has 1 amide bonds. The van der Waals surface area contributed by atoms with Crippen LogP contribution in [0, 0.1) is 0 Å². The molecule has 0 bridgehead atoms. The average Bonchev–Trinajstić information content (AvgIpc) is 2.58. The van der Waals surface area contributed by atoms with Gasteiger partial charge in [-0.1, -0.05) is 24.3 Å². The molecule has 0 aliphatic rings. The first-order chi connectivity index (χ1) is 10.7. The number of carbonyl (C=O) groups is 1. The van der Waals surface area contributed by atoms with E-state index in [1.807, 2.05) is 24.3 Å². The Morgan fingerprint density at radius 3 is 2.82 bits per heavy atom. The van der Waals surface area contributed by atoms with Crippen molar-refractivity contribution in [2.45, 2.75) is 6.54 Å². The molecule has 1 aromatic heterocycles. The van der Waals surface area contributed by atoms with Crippen LogP contribution in [0.3, 0.4) is 0 Å². The average molecular weight is 298 g/mol. The van der Waals surface area contributed by atoms with Gasteiger partial charge in [-0.2, -0.15) is 0 Å². The molecule has 114 valence electrons. The lowest BCUT2D eigenvalue weighted by atomic mass is 10.2. The fraction of sp³-hybridized carbons (Fsp3) is 0.188.